The normalized spacial score (nSPS) is 18.4. The number of urea groups is 1. The quantitative estimate of drug-likeness (QED) is 0.539. The summed E-state index contributed by atoms with van der Waals surface area (Å²) in [6.45, 7) is 0.00143. The van der Waals surface area contributed by atoms with Crippen LogP contribution >= 0.6 is 0 Å². The molecule has 1 saturated heterocycles. The number of hydrogen-bond acceptors (Lipinski definition) is 5. The van der Waals surface area contributed by atoms with Crippen molar-refractivity contribution in [2.24, 2.45) is 0 Å². The van der Waals surface area contributed by atoms with E-state index in [0.717, 1.165) is 0 Å². The van der Waals surface area contributed by atoms with Crippen LogP contribution in [0.3, 0.4) is 0 Å². The van der Waals surface area contributed by atoms with E-state index >= 15 is 0 Å². The lowest BCUT2D eigenvalue weighted by Gasteiger charge is -2.27. The number of nitrogens with one attached hydrogen (secondary N) is 2. The van der Waals surface area contributed by atoms with E-state index in [4.69, 9.17) is 9.84 Å². The molecule has 0 aromatic heterocycles. The first-order chi connectivity index (χ1) is 15.3. The third-order valence-electron chi connectivity index (χ3n) is 4.99. The van der Waals surface area contributed by atoms with E-state index in [1.54, 1.807) is 0 Å². The Hall–Kier alpha value is -3.66. The molecule has 9 nitrogen and oxygen atoms in total. The van der Waals surface area contributed by atoms with Gasteiger partial charge in [0.05, 0.1) is 12.1 Å². The van der Waals surface area contributed by atoms with Gasteiger partial charge in [-0.15, -0.1) is 0 Å². The third-order valence-corrected chi connectivity index (χ3v) is 4.99. The number of amides is 3. The number of carboxylic acid groups (broad SMARTS) is 1. The summed E-state index contributed by atoms with van der Waals surface area (Å²) in [5.41, 5.74) is 0.735. The van der Waals surface area contributed by atoms with Crippen molar-refractivity contribution < 1.29 is 33.7 Å². The number of ether oxygens (including phenoxy) is 1. The SMILES string of the molecule is O=C(O)COc1ccc(C(=O)NC2CN(C(=O)Nc3ccc(F)cc3)CCCC2O)cc1. The van der Waals surface area contributed by atoms with Gasteiger partial charge < -0.3 is 30.5 Å². The minimum Gasteiger partial charge on any atom is -0.482 e. The number of hydrogen-bond donors (Lipinski definition) is 4. The van der Waals surface area contributed by atoms with Crippen LogP contribution in [0.1, 0.15) is 23.2 Å². The van der Waals surface area contributed by atoms with Crippen LogP contribution in [0.5, 0.6) is 5.75 Å². The lowest BCUT2D eigenvalue weighted by atomic mass is 10.1. The monoisotopic (exact) mass is 445 g/mol. The van der Waals surface area contributed by atoms with Gasteiger partial charge in [0.2, 0.25) is 0 Å². The number of benzene rings is 2. The number of carbonyl (C=O) groups is 3. The van der Waals surface area contributed by atoms with E-state index in [0.29, 0.717) is 36.4 Å². The van der Waals surface area contributed by atoms with E-state index in [1.807, 2.05) is 0 Å². The molecule has 2 aromatic rings. The largest absolute Gasteiger partial charge is 0.482 e. The second-order valence-corrected chi connectivity index (χ2v) is 7.38. The van der Waals surface area contributed by atoms with Gasteiger partial charge in [0.1, 0.15) is 11.6 Å². The van der Waals surface area contributed by atoms with Gasteiger partial charge in [-0.1, -0.05) is 0 Å². The summed E-state index contributed by atoms with van der Waals surface area (Å²) in [7, 11) is 0. The molecule has 32 heavy (non-hydrogen) atoms. The molecular weight excluding hydrogens is 421 g/mol. The fraction of sp³-hybridized carbons (Fsp3) is 0.318. The highest BCUT2D eigenvalue weighted by Gasteiger charge is 2.29. The number of rotatable bonds is 6. The average Bonchev–Trinajstić information content (AvgIpc) is 2.95. The standard InChI is InChI=1S/C22H24FN3O6/c23-15-5-7-16(8-6-15)24-22(31)26-11-1-2-19(27)18(12-26)25-21(30)14-3-9-17(10-4-14)32-13-20(28)29/h3-10,18-19,27H,1-2,11-13H2,(H,24,31)(H,25,30)(H,28,29). The molecule has 2 aromatic carbocycles. The van der Waals surface area contributed by atoms with Gasteiger partial charge in [-0.25, -0.2) is 14.0 Å². The smallest absolute Gasteiger partial charge is 0.341 e. The molecule has 4 N–H and O–H groups in total. The van der Waals surface area contributed by atoms with Gasteiger partial charge in [0.25, 0.3) is 5.91 Å². The zero-order chi connectivity index (χ0) is 23.1. The Morgan fingerprint density at radius 1 is 1.09 bits per heavy atom. The van der Waals surface area contributed by atoms with Crippen molar-refractivity contribution in [3.05, 3.63) is 59.9 Å². The highest BCUT2D eigenvalue weighted by molar-refractivity contribution is 5.94. The third kappa shape index (κ3) is 6.42. The molecule has 0 radical (unpaired) electrons. The Balaban J connectivity index is 1.61. The molecule has 0 bridgehead atoms. The Morgan fingerprint density at radius 2 is 1.78 bits per heavy atom. The van der Waals surface area contributed by atoms with Crippen molar-refractivity contribution >= 4 is 23.6 Å². The van der Waals surface area contributed by atoms with Crippen molar-refractivity contribution in [1.82, 2.24) is 10.2 Å². The Morgan fingerprint density at radius 3 is 2.44 bits per heavy atom. The van der Waals surface area contributed by atoms with Crippen molar-refractivity contribution in [2.45, 2.75) is 25.0 Å². The predicted molar refractivity (Wildman–Crippen MR) is 113 cm³/mol. The van der Waals surface area contributed by atoms with Gasteiger partial charge in [-0.05, 0) is 61.4 Å². The molecule has 3 rings (SSSR count). The van der Waals surface area contributed by atoms with Crippen LogP contribution in [0.15, 0.2) is 48.5 Å². The van der Waals surface area contributed by atoms with Crippen LogP contribution < -0.4 is 15.4 Å². The molecule has 0 spiro atoms. The number of likely N-dealkylation sites (tertiary alicyclic amines) is 1. The topological polar surface area (TPSA) is 128 Å². The minimum absolute atomic E-state index is 0.0970. The number of aliphatic hydroxyl groups is 1. The van der Waals surface area contributed by atoms with Crippen molar-refractivity contribution in [3.8, 4) is 5.75 Å². The van der Waals surface area contributed by atoms with Gasteiger partial charge >= 0.3 is 12.0 Å². The van der Waals surface area contributed by atoms with Crippen molar-refractivity contribution in [2.75, 3.05) is 25.0 Å². The molecule has 3 amide bonds. The second-order valence-electron chi connectivity index (χ2n) is 7.38. The molecule has 0 saturated carbocycles. The Kier molecular flexibility index (Phi) is 7.61. The number of aliphatic hydroxyl groups excluding tert-OH is 1. The maximum Gasteiger partial charge on any atom is 0.341 e. The van der Waals surface area contributed by atoms with Crippen LogP contribution in [0.25, 0.3) is 0 Å². The first-order valence-electron chi connectivity index (χ1n) is 10.1. The fourth-order valence-electron chi connectivity index (χ4n) is 3.30. The number of nitrogens with zero attached hydrogens (tertiary/aromatic N) is 1. The summed E-state index contributed by atoms with van der Waals surface area (Å²) >= 11 is 0. The van der Waals surface area contributed by atoms with Gasteiger partial charge in [-0.3, -0.25) is 4.79 Å². The van der Waals surface area contributed by atoms with E-state index in [-0.39, 0.29) is 6.54 Å². The maximum absolute atomic E-state index is 13.1. The van der Waals surface area contributed by atoms with Gasteiger partial charge in [0.15, 0.2) is 6.61 Å². The molecule has 170 valence electrons. The van der Waals surface area contributed by atoms with Crippen LogP contribution in [0, 0.1) is 5.82 Å². The Bertz CT molecular complexity index is 951. The van der Waals surface area contributed by atoms with Crippen molar-refractivity contribution in [3.63, 3.8) is 0 Å². The van der Waals surface area contributed by atoms with E-state index in [2.05, 4.69) is 10.6 Å². The first-order valence-corrected chi connectivity index (χ1v) is 10.1. The zero-order valence-corrected chi connectivity index (χ0v) is 17.2. The molecule has 10 heteroatoms. The van der Waals surface area contributed by atoms with Crippen LogP contribution in [-0.4, -0.2) is 64.9 Å². The van der Waals surface area contributed by atoms with Crippen LogP contribution in [-0.2, 0) is 4.79 Å². The molecule has 1 aliphatic heterocycles. The van der Waals surface area contributed by atoms with E-state index in [1.165, 1.54) is 53.4 Å². The summed E-state index contributed by atoms with van der Waals surface area (Å²) in [5.74, 6) is -1.66. The number of anilines is 1. The molecule has 0 aliphatic carbocycles. The summed E-state index contributed by atoms with van der Waals surface area (Å²) in [6.07, 6.45) is 0.133. The van der Waals surface area contributed by atoms with E-state index < -0.39 is 42.5 Å². The summed E-state index contributed by atoms with van der Waals surface area (Å²) in [6, 6.07) is 10.2. The van der Waals surface area contributed by atoms with Crippen LogP contribution in [0.2, 0.25) is 0 Å². The lowest BCUT2D eigenvalue weighted by molar-refractivity contribution is -0.139. The minimum atomic E-state index is -1.11. The number of carbonyl (C=O) groups excluding carboxylic acids is 2. The number of aliphatic carboxylic acids is 1. The molecule has 1 aliphatic rings. The van der Waals surface area contributed by atoms with Gasteiger partial charge in [-0.2, -0.15) is 0 Å². The Labute approximate surface area is 183 Å². The summed E-state index contributed by atoms with van der Waals surface area (Å²) < 4.78 is 18.1. The predicted octanol–water partition coefficient (Wildman–Crippen LogP) is 2.08. The average molecular weight is 445 g/mol. The summed E-state index contributed by atoms with van der Waals surface area (Å²) in [4.78, 5) is 37.3. The molecule has 1 fully saturated rings. The number of carboxylic acids is 1. The lowest BCUT2D eigenvalue weighted by Crippen LogP contribution is -2.50. The molecule has 2 unspecified atom stereocenters. The number of halogens is 1. The zero-order valence-electron chi connectivity index (χ0n) is 17.2. The fourth-order valence-corrected chi connectivity index (χ4v) is 3.30. The molecule has 2 atom stereocenters. The maximum atomic E-state index is 13.1. The van der Waals surface area contributed by atoms with Crippen LogP contribution in [0.4, 0.5) is 14.9 Å². The van der Waals surface area contributed by atoms with Crippen molar-refractivity contribution in [1.29, 1.82) is 0 Å². The highest BCUT2D eigenvalue weighted by Crippen LogP contribution is 2.16. The van der Waals surface area contributed by atoms with Gasteiger partial charge in [0, 0.05) is 24.3 Å². The molecule has 1 heterocycles. The highest BCUT2D eigenvalue weighted by atomic mass is 19.1. The second kappa shape index (κ2) is 10.6. The summed E-state index contributed by atoms with van der Waals surface area (Å²) in [5, 5.41) is 24.5. The first kappa shape index (κ1) is 23.0. The molecular formula is C22H24FN3O6. The van der Waals surface area contributed by atoms with E-state index in [9.17, 15) is 23.9 Å².